The molecule has 1 aromatic carbocycles. The molecule has 6 nitrogen and oxygen atoms in total. The number of carbonyl (C=O) groups is 1. The molecule has 106 valence electrons. The highest BCUT2D eigenvalue weighted by atomic mass is 16.6. The van der Waals surface area contributed by atoms with E-state index in [2.05, 4.69) is 5.48 Å². The van der Waals surface area contributed by atoms with Crippen LogP contribution in [0.4, 0.5) is 5.69 Å². The van der Waals surface area contributed by atoms with E-state index in [9.17, 15) is 4.79 Å². The zero-order chi connectivity index (χ0) is 14.4. The van der Waals surface area contributed by atoms with Crippen LogP contribution in [0.1, 0.15) is 6.92 Å². The van der Waals surface area contributed by atoms with Gasteiger partial charge in [-0.15, -0.1) is 0 Å². The quantitative estimate of drug-likeness (QED) is 0.625. The molecule has 0 unspecified atom stereocenters. The molecule has 0 aliphatic heterocycles. The Morgan fingerprint density at radius 2 is 2.10 bits per heavy atom. The lowest BCUT2D eigenvalue weighted by Gasteiger charge is -2.13. The van der Waals surface area contributed by atoms with Gasteiger partial charge in [-0.2, -0.15) is 0 Å². The summed E-state index contributed by atoms with van der Waals surface area (Å²) in [5, 5.41) is 8.96. The van der Waals surface area contributed by atoms with E-state index < -0.39 is 5.97 Å². The van der Waals surface area contributed by atoms with Gasteiger partial charge in [-0.05, 0) is 37.3 Å². The minimum atomic E-state index is -0.421. The minimum absolute atomic E-state index is 0.159. The molecule has 1 heterocycles. The van der Waals surface area contributed by atoms with Crippen LogP contribution < -0.4 is 10.2 Å². The highest BCUT2D eigenvalue weighted by Crippen LogP contribution is 2.26. The predicted molar refractivity (Wildman–Crippen MR) is 73.3 cm³/mol. The number of hydrogen-bond acceptors (Lipinski definition) is 5. The average Bonchev–Trinajstić information content (AvgIpc) is 2.99. The third kappa shape index (κ3) is 3.30. The van der Waals surface area contributed by atoms with Crippen LogP contribution in [0.5, 0.6) is 5.75 Å². The maximum absolute atomic E-state index is 11.3. The summed E-state index contributed by atoms with van der Waals surface area (Å²) in [5.41, 5.74) is 3.31. The summed E-state index contributed by atoms with van der Waals surface area (Å²) in [6.45, 7) is 1.90. The number of carbonyl (C=O) groups excluding carboxylic acids is 1. The van der Waals surface area contributed by atoms with Gasteiger partial charge >= 0.3 is 5.97 Å². The second kappa shape index (κ2) is 6.63. The van der Waals surface area contributed by atoms with Gasteiger partial charge < -0.3 is 14.0 Å². The molecule has 0 amide bonds. The van der Waals surface area contributed by atoms with E-state index in [4.69, 9.17) is 14.7 Å². The molecule has 0 aliphatic carbocycles. The van der Waals surface area contributed by atoms with E-state index in [0.29, 0.717) is 23.7 Å². The molecule has 20 heavy (non-hydrogen) atoms. The first kappa shape index (κ1) is 14.0. The molecule has 0 saturated heterocycles. The van der Waals surface area contributed by atoms with Crippen molar-refractivity contribution in [3.63, 3.8) is 0 Å². The number of anilines is 1. The van der Waals surface area contributed by atoms with Crippen LogP contribution >= 0.6 is 0 Å². The third-order valence-corrected chi connectivity index (χ3v) is 2.62. The lowest BCUT2D eigenvalue weighted by Crippen LogP contribution is -2.15. The molecule has 0 spiro atoms. The number of ether oxygens (including phenoxy) is 2. The van der Waals surface area contributed by atoms with Gasteiger partial charge in [0.1, 0.15) is 5.75 Å². The smallest absolute Gasteiger partial charge is 0.344 e. The Labute approximate surface area is 116 Å². The molecule has 0 fully saturated rings. The number of hydrogen-bond donors (Lipinski definition) is 2. The molecule has 0 saturated carbocycles. The molecule has 0 bridgehead atoms. The van der Waals surface area contributed by atoms with Crippen molar-refractivity contribution in [1.29, 1.82) is 0 Å². The van der Waals surface area contributed by atoms with Crippen molar-refractivity contribution in [2.75, 3.05) is 18.7 Å². The van der Waals surface area contributed by atoms with Gasteiger partial charge in [0.2, 0.25) is 0 Å². The Morgan fingerprint density at radius 1 is 1.35 bits per heavy atom. The third-order valence-electron chi connectivity index (χ3n) is 2.62. The van der Waals surface area contributed by atoms with Crippen LogP contribution in [0, 0.1) is 0 Å². The number of rotatable bonds is 6. The van der Waals surface area contributed by atoms with Crippen LogP contribution in [-0.4, -0.2) is 29.0 Å². The summed E-state index contributed by atoms with van der Waals surface area (Å²) in [4.78, 5) is 11.3. The fraction of sp³-hybridized carbons (Fsp3) is 0.214. The topological polar surface area (TPSA) is 72.7 Å². The molecule has 1 aromatic heterocycles. The Hall–Kier alpha value is -2.47. The monoisotopic (exact) mass is 276 g/mol. The molecule has 2 rings (SSSR count). The summed E-state index contributed by atoms with van der Waals surface area (Å²) in [7, 11) is 0. The summed E-state index contributed by atoms with van der Waals surface area (Å²) in [5.74, 6) is 0.101. The number of nitrogens with one attached hydrogen (secondary N) is 1. The van der Waals surface area contributed by atoms with Crippen molar-refractivity contribution in [2.24, 2.45) is 0 Å². The second-order valence-corrected chi connectivity index (χ2v) is 3.98. The van der Waals surface area contributed by atoms with Crippen LogP contribution in [0.25, 0.3) is 5.69 Å². The average molecular weight is 276 g/mol. The maximum Gasteiger partial charge on any atom is 0.344 e. The first-order valence-electron chi connectivity index (χ1n) is 6.20. The van der Waals surface area contributed by atoms with E-state index in [1.54, 1.807) is 25.1 Å². The highest BCUT2D eigenvalue weighted by Gasteiger charge is 2.09. The number of esters is 1. The first-order chi connectivity index (χ1) is 9.74. The Bertz CT molecular complexity index is 567. The van der Waals surface area contributed by atoms with Crippen molar-refractivity contribution >= 4 is 11.7 Å². The zero-order valence-electron chi connectivity index (χ0n) is 11.1. The fourth-order valence-electron chi connectivity index (χ4n) is 1.75. The van der Waals surface area contributed by atoms with Crippen molar-refractivity contribution in [3.8, 4) is 11.4 Å². The Morgan fingerprint density at radius 3 is 2.75 bits per heavy atom. The van der Waals surface area contributed by atoms with E-state index in [1.165, 1.54) is 0 Å². The van der Waals surface area contributed by atoms with Crippen molar-refractivity contribution in [1.82, 2.24) is 4.57 Å². The van der Waals surface area contributed by atoms with Crippen LogP contribution in [0.3, 0.4) is 0 Å². The maximum atomic E-state index is 11.3. The lowest BCUT2D eigenvalue weighted by atomic mass is 10.2. The molecule has 0 atom stereocenters. The first-order valence-corrected chi connectivity index (χ1v) is 6.20. The normalized spacial score (nSPS) is 10.1. The molecule has 2 aromatic rings. The molecular weight excluding hydrogens is 260 g/mol. The summed E-state index contributed by atoms with van der Waals surface area (Å²) in [6, 6.07) is 8.77. The number of aromatic nitrogens is 1. The Kier molecular flexibility index (Phi) is 4.62. The van der Waals surface area contributed by atoms with Crippen LogP contribution in [0.2, 0.25) is 0 Å². The lowest BCUT2D eigenvalue weighted by molar-refractivity contribution is -0.145. The van der Waals surface area contributed by atoms with Crippen LogP contribution in [-0.2, 0) is 9.53 Å². The van der Waals surface area contributed by atoms with Crippen molar-refractivity contribution < 1.29 is 19.5 Å². The summed E-state index contributed by atoms with van der Waals surface area (Å²) in [6.07, 6.45) is 3.68. The summed E-state index contributed by atoms with van der Waals surface area (Å²) < 4.78 is 12.1. The van der Waals surface area contributed by atoms with Gasteiger partial charge in [0, 0.05) is 12.4 Å². The van der Waals surface area contributed by atoms with Gasteiger partial charge in [0.05, 0.1) is 18.0 Å². The van der Waals surface area contributed by atoms with Gasteiger partial charge in [0.15, 0.2) is 6.61 Å². The van der Waals surface area contributed by atoms with Gasteiger partial charge in [-0.25, -0.2) is 4.79 Å². The van der Waals surface area contributed by atoms with Crippen molar-refractivity contribution in [2.45, 2.75) is 6.92 Å². The molecule has 2 N–H and O–H groups in total. The van der Waals surface area contributed by atoms with E-state index >= 15 is 0 Å². The second-order valence-electron chi connectivity index (χ2n) is 3.98. The SMILES string of the molecule is CCOC(=O)COc1ccc(NO)cc1-n1cccc1. The number of nitrogens with zero attached hydrogens (tertiary/aromatic N) is 1. The van der Waals surface area contributed by atoms with Crippen LogP contribution in [0.15, 0.2) is 42.7 Å². The molecular formula is C14H16N2O4. The largest absolute Gasteiger partial charge is 0.480 e. The zero-order valence-corrected chi connectivity index (χ0v) is 11.1. The van der Waals surface area contributed by atoms with Gasteiger partial charge in [-0.3, -0.25) is 10.7 Å². The predicted octanol–water partition coefficient (Wildman–Crippen LogP) is 2.22. The standard InChI is InChI=1S/C14H16N2O4/c1-2-19-14(17)10-20-13-6-5-11(15-18)9-12(13)16-7-3-4-8-16/h3-9,15,18H,2,10H2,1H3. The van der Waals surface area contributed by atoms with E-state index in [0.717, 1.165) is 0 Å². The summed E-state index contributed by atoms with van der Waals surface area (Å²) >= 11 is 0. The molecule has 0 radical (unpaired) electrons. The fourth-order valence-corrected chi connectivity index (χ4v) is 1.75. The minimum Gasteiger partial charge on any atom is -0.480 e. The van der Waals surface area contributed by atoms with Gasteiger partial charge in [0.25, 0.3) is 0 Å². The van der Waals surface area contributed by atoms with E-state index in [-0.39, 0.29) is 6.61 Å². The molecule has 6 heteroatoms. The van der Waals surface area contributed by atoms with Gasteiger partial charge in [-0.1, -0.05) is 0 Å². The molecule has 0 aliphatic rings. The highest BCUT2D eigenvalue weighted by molar-refractivity contribution is 5.71. The number of benzene rings is 1. The van der Waals surface area contributed by atoms with E-state index in [1.807, 2.05) is 29.1 Å². The van der Waals surface area contributed by atoms with Crippen molar-refractivity contribution in [3.05, 3.63) is 42.7 Å². The Balaban J connectivity index is 2.21.